The number of amides is 1. The predicted molar refractivity (Wildman–Crippen MR) is 78.3 cm³/mol. The zero-order valence-corrected chi connectivity index (χ0v) is 12.3. The Bertz CT molecular complexity index is 597. The Morgan fingerprint density at radius 1 is 1.00 bits per heavy atom. The summed E-state index contributed by atoms with van der Waals surface area (Å²) in [4.78, 5) is 23.7. The fraction of sp³-hybridized carbons (Fsp3) is 0.286. The minimum absolute atomic E-state index is 0.0113. The number of carbonyl (C=O) groups excluding carboxylic acids is 1. The minimum Gasteiger partial charge on any atom is -0.464 e. The highest BCUT2D eigenvalue weighted by Crippen LogP contribution is 2.14. The van der Waals surface area contributed by atoms with E-state index in [1.165, 1.54) is 0 Å². The summed E-state index contributed by atoms with van der Waals surface area (Å²) >= 11 is 0. The van der Waals surface area contributed by atoms with Crippen molar-refractivity contribution in [2.45, 2.75) is 13.8 Å². The molecule has 0 aliphatic carbocycles. The van der Waals surface area contributed by atoms with Crippen LogP contribution in [0.2, 0.25) is 0 Å². The van der Waals surface area contributed by atoms with E-state index in [4.69, 9.17) is 14.2 Å². The van der Waals surface area contributed by atoms with Crippen molar-refractivity contribution in [2.75, 3.05) is 18.5 Å². The van der Waals surface area contributed by atoms with Gasteiger partial charge < -0.3 is 14.2 Å². The highest BCUT2D eigenvalue weighted by atomic mass is 16.6. The molecule has 0 unspecified atom stereocenters. The summed E-state index contributed by atoms with van der Waals surface area (Å²) in [7, 11) is 0. The van der Waals surface area contributed by atoms with Gasteiger partial charge in [0.1, 0.15) is 5.75 Å². The Morgan fingerprint density at radius 2 is 1.59 bits per heavy atom. The molecule has 1 amide bonds. The number of hydrogen-bond acceptors (Lipinski definition) is 7. The predicted octanol–water partition coefficient (Wildman–Crippen LogP) is 2.28. The molecular formula is C14H16N4O4. The molecule has 22 heavy (non-hydrogen) atoms. The fourth-order valence-corrected chi connectivity index (χ4v) is 1.49. The van der Waals surface area contributed by atoms with Crippen LogP contribution in [0.25, 0.3) is 0 Å². The van der Waals surface area contributed by atoms with E-state index in [0.29, 0.717) is 19.0 Å². The van der Waals surface area contributed by atoms with E-state index < -0.39 is 6.09 Å². The van der Waals surface area contributed by atoms with Crippen molar-refractivity contribution in [3.63, 3.8) is 0 Å². The summed E-state index contributed by atoms with van der Waals surface area (Å²) in [5.74, 6) is 0.395. The largest absolute Gasteiger partial charge is 0.464 e. The average Bonchev–Trinajstić information content (AvgIpc) is 2.48. The third kappa shape index (κ3) is 4.58. The molecule has 0 bridgehead atoms. The molecule has 0 fully saturated rings. The molecule has 8 heteroatoms. The van der Waals surface area contributed by atoms with Gasteiger partial charge in [-0.3, -0.25) is 5.32 Å². The van der Waals surface area contributed by atoms with Crippen molar-refractivity contribution in [1.82, 2.24) is 15.0 Å². The Morgan fingerprint density at radius 3 is 2.14 bits per heavy atom. The van der Waals surface area contributed by atoms with Crippen LogP contribution in [0.4, 0.5) is 10.7 Å². The molecule has 1 aromatic carbocycles. The molecule has 0 aliphatic heterocycles. The van der Waals surface area contributed by atoms with Gasteiger partial charge in [0.25, 0.3) is 0 Å². The van der Waals surface area contributed by atoms with Gasteiger partial charge in [-0.2, -0.15) is 9.97 Å². The monoisotopic (exact) mass is 304 g/mol. The van der Waals surface area contributed by atoms with Crippen molar-refractivity contribution >= 4 is 12.0 Å². The molecule has 0 radical (unpaired) electrons. The van der Waals surface area contributed by atoms with Crippen molar-refractivity contribution < 1.29 is 19.0 Å². The topological polar surface area (TPSA) is 95.5 Å². The minimum atomic E-state index is -0.720. The molecule has 0 saturated carbocycles. The van der Waals surface area contributed by atoms with Gasteiger partial charge in [0, 0.05) is 0 Å². The molecule has 0 atom stereocenters. The fourth-order valence-electron chi connectivity index (χ4n) is 1.49. The molecular weight excluding hydrogens is 288 g/mol. The van der Waals surface area contributed by atoms with Gasteiger partial charge in [-0.1, -0.05) is 18.2 Å². The number of aromatic nitrogens is 3. The first kappa shape index (κ1) is 15.5. The van der Waals surface area contributed by atoms with E-state index in [2.05, 4.69) is 20.3 Å². The molecule has 0 saturated heterocycles. The van der Waals surface area contributed by atoms with Crippen LogP contribution in [0.5, 0.6) is 17.8 Å². The van der Waals surface area contributed by atoms with Crippen molar-refractivity contribution in [3.8, 4) is 17.8 Å². The maximum atomic E-state index is 11.8. The van der Waals surface area contributed by atoms with Gasteiger partial charge in [-0.15, -0.1) is 4.98 Å². The number of benzene rings is 1. The first-order valence-corrected chi connectivity index (χ1v) is 6.76. The van der Waals surface area contributed by atoms with Crippen LogP contribution >= 0.6 is 0 Å². The molecule has 2 aromatic rings. The maximum Gasteiger partial charge on any atom is 0.419 e. The lowest BCUT2D eigenvalue weighted by molar-refractivity contribution is 0.215. The van der Waals surface area contributed by atoms with E-state index in [9.17, 15) is 4.79 Å². The van der Waals surface area contributed by atoms with Gasteiger partial charge >= 0.3 is 18.1 Å². The average molecular weight is 304 g/mol. The zero-order chi connectivity index (χ0) is 15.8. The SMILES string of the molecule is CCOc1nc(NC(=O)Oc2ccccc2)nc(OCC)n1. The van der Waals surface area contributed by atoms with Gasteiger partial charge in [0.15, 0.2) is 0 Å². The number of hydrogen-bond donors (Lipinski definition) is 1. The molecule has 1 aromatic heterocycles. The van der Waals surface area contributed by atoms with E-state index in [0.717, 1.165) is 0 Å². The smallest absolute Gasteiger partial charge is 0.419 e. The van der Waals surface area contributed by atoms with Crippen LogP contribution < -0.4 is 19.5 Å². The van der Waals surface area contributed by atoms with Gasteiger partial charge in [0.05, 0.1) is 13.2 Å². The third-order valence-electron chi connectivity index (χ3n) is 2.31. The first-order valence-electron chi connectivity index (χ1n) is 6.76. The van der Waals surface area contributed by atoms with Gasteiger partial charge in [-0.05, 0) is 26.0 Å². The Hall–Kier alpha value is -2.90. The summed E-state index contributed by atoms with van der Waals surface area (Å²) < 4.78 is 15.5. The summed E-state index contributed by atoms with van der Waals surface area (Å²) in [6.45, 7) is 4.34. The Labute approximate surface area is 127 Å². The Kier molecular flexibility index (Phi) is 5.47. The van der Waals surface area contributed by atoms with Crippen LogP contribution in [0.15, 0.2) is 30.3 Å². The molecule has 0 spiro atoms. The highest BCUT2D eigenvalue weighted by Gasteiger charge is 2.12. The van der Waals surface area contributed by atoms with Crippen molar-refractivity contribution in [2.24, 2.45) is 0 Å². The molecule has 8 nitrogen and oxygen atoms in total. The number of ether oxygens (including phenoxy) is 3. The van der Waals surface area contributed by atoms with E-state index >= 15 is 0 Å². The quantitative estimate of drug-likeness (QED) is 0.874. The van der Waals surface area contributed by atoms with E-state index in [-0.39, 0.29) is 18.0 Å². The van der Waals surface area contributed by atoms with Crippen LogP contribution in [-0.2, 0) is 0 Å². The van der Waals surface area contributed by atoms with Crippen molar-refractivity contribution in [1.29, 1.82) is 0 Å². The van der Waals surface area contributed by atoms with Gasteiger partial charge in [-0.25, -0.2) is 4.79 Å². The maximum absolute atomic E-state index is 11.8. The van der Waals surface area contributed by atoms with Gasteiger partial charge in [0.2, 0.25) is 5.95 Å². The van der Waals surface area contributed by atoms with E-state index in [1.807, 2.05) is 6.07 Å². The van der Waals surface area contributed by atoms with Crippen LogP contribution in [0.3, 0.4) is 0 Å². The molecule has 1 heterocycles. The number of rotatable bonds is 6. The zero-order valence-electron chi connectivity index (χ0n) is 12.3. The van der Waals surface area contributed by atoms with Crippen LogP contribution in [0, 0.1) is 0 Å². The highest BCUT2D eigenvalue weighted by molar-refractivity contribution is 5.84. The first-order chi connectivity index (χ1) is 10.7. The van der Waals surface area contributed by atoms with E-state index in [1.54, 1.807) is 38.1 Å². The molecule has 2 rings (SSSR count). The standard InChI is InChI=1S/C14H16N4O4/c1-3-20-12-15-11(16-13(18-12)21-4-2)17-14(19)22-10-8-6-5-7-9-10/h5-9H,3-4H2,1-2H3,(H,15,16,17,18,19). The second kappa shape index (κ2) is 7.77. The number of para-hydroxylation sites is 1. The Balaban J connectivity index is 2.08. The lowest BCUT2D eigenvalue weighted by Crippen LogP contribution is -2.19. The second-order valence-corrected chi connectivity index (χ2v) is 3.92. The lowest BCUT2D eigenvalue weighted by atomic mass is 10.3. The number of anilines is 1. The lowest BCUT2D eigenvalue weighted by Gasteiger charge is -2.08. The second-order valence-electron chi connectivity index (χ2n) is 3.92. The van der Waals surface area contributed by atoms with Crippen molar-refractivity contribution in [3.05, 3.63) is 30.3 Å². The molecule has 116 valence electrons. The number of carbonyl (C=O) groups is 1. The summed E-state index contributed by atoms with van der Waals surface area (Å²) in [5.41, 5.74) is 0. The molecule has 1 N–H and O–H groups in total. The normalized spacial score (nSPS) is 9.91. The number of nitrogens with one attached hydrogen (secondary N) is 1. The third-order valence-corrected chi connectivity index (χ3v) is 2.31. The summed E-state index contributed by atoms with van der Waals surface area (Å²) in [6.07, 6.45) is -0.720. The summed E-state index contributed by atoms with van der Waals surface area (Å²) in [5, 5.41) is 2.40. The van der Waals surface area contributed by atoms with Crippen LogP contribution in [0.1, 0.15) is 13.8 Å². The van der Waals surface area contributed by atoms with Crippen LogP contribution in [-0.4, -0.2) is 34.3 Å². The molecule has 0 aliphatic rings. The summed E-state index contributed by atoms with van der Waals surface area (Å²) in [6, 6.07) is 8.78. The number of nitrogens with zero attached hydrogens (tertiary/aromatic N) is 3.